The van der Waals surface area contributed by atoms with Gasteiger partial charge in [0.2, 0.25) is 0 Å². The molecule has 0 fully saturated rings. The fourth-order valence-electron chi connectivity index (χ4n) is 1.99. The van der Waals surface area contributed by atoms with Crippen LogP contribution in [-0.2, 0) is 9.59 Å². The second kappa shape index (κ2) is 9.58. The molecule has 0 unspecified atom stereocenters. The predicted molar refractivity (Wildman–Crippen MR) is 96.7 cm³/mol. The minimum absolute atomic E-state index is 0.224. The molecule has 0 spiro atoms. The molecule has 0 bridgehead atoms. The van der Waals surface area contributed by atoms with Crippen LogP contribution in [0.15, 0.2) is 47.6 Å². The largest absolute Gasteiger partial charge is 0.493 e. The van der Waals surface area contributed by atoms with Crippen molar-refractivity contribution in [3.8, 4) is 23.3 Å². The van der Waals surface area contributed by atoms with Crippen LogP contribution in [0.3, 0.4) is 0 Å². The highest BCUT2D eigenvalue weighted by molar-refractivity contribution is 5.84. The molecule has 1 N–H and O–H groups in total. The molecule has 0 radical (unpaired) electrons. The van der Waals surface area contributed by atoms with E-state index < -0.39 is 11.9 Å². The van der Waals surface area contributed by atoms with Crippen LogP contribution in [0, 0.1) is 11.3 Å². The summed E-state index contributed by atoms with van der Waals surface area (Å²) in [5, 5.41) is 12.6. The number of carbonyl (C=O) groups is 2. The van der Waals surface area contributed by atoms with Gasteiger partial charge in [0, 0.05) is 6.92 Å². The topological polar surface area (TPSA) is 110 Å². The number of methoxy groups -OCH3 is 1. The summed E-state index contributed by atoms with van der Waals surface area (Å²) in [6.07, 6.45) is 1.42. The van der Waals surface area contributed by atoms with Crippen molar-refractivity contribution >= 4 is 18.1 Å². The third-order valence-corrected chi connectivity index (χ3v) is 3.20. The Morgan fingerprint density at radius 3 is 2.56 bits per heavy atom. The first-order valence-corrected chi connectivity index (χ1v) is 7.83. The summed E-state index contributed by atoms with van der Waals surface area (Å²) in [6.45, 7) is 1.07. The lowest BCUT2D eigenvalue weighted by Gasteiger charge is -2.08. The summed E-state index contributed by atoms with van der Waals surface area (Å²) < 4.78 is 15.5. The number of esters is 1. The van der Waals surface area contributed by atoms with Gasteiger partial charge in [-0.05, 0) is 48.0 Å². The van der Waals surface area contributed by atoms with Crippen molar-refractivity contribution in [2.24, 2.45) is 5.10 Å². The maximum Gasteiger partial charge on any atom is 0.308 e. The Kier molecular flexibility index (Phi) is 6.91. The quantitative estimate of drug-likeness (QED) is 0.347. The van der Waals surface area contributed by atoms with Crippen LogP contribution in [0.4, 0.5) is 0 Å². The van der Waals surface area contributed by atoms with Gasteiger partial charge in [-0.1, -0.05) is 0 Å². The highest BCUT2D eigenvalue weighted by atomic mass is 16.6. The van der Waals surface area contributed by atoms with Crippen molar-refractivity contribution in [2.75, 3.05) is 13.7 Å². The first kappa shape index (κ1) is 19.5. The number of ether oxygens (including phenoxy) is 3. The molecule has 0 saturated heterocycles. The van der Waals surface area contributed by atoms with Gasteiger partial charge in [-0.15, -0.1) is 0 Å². The Balaban J connectivity index is 1.87. The van der Waals surface area contributed by atoms with E-state index >= 15 is 0 Å². The highest BCUT2D eigenvalue weighted by Crippen LogP contribution is 2.27. The third-order valence-electron chi connectivity index (χ3n) is 3.20. The minimum atomic E-state index is -0.454. The SMILES string of the molecule is COc1cc(/C=N\NC(=O)COc2ccc(C#N)cc2)ccc1OC(C)=O. The van der Waals surface area contributed by atoms with Crippen molar-refractivity contribution in [1.29, 1.82) is 5.26 Å². The van der Waals surface area contributed by atoms with Gasteiger partial charge in [0.25, 0.3) is 5.91 Å². The third kappa shape index (κ3) is 6.17. The summed E-state index contributed by atoms with van der Waals surface area (Å²) in [5.74, 6) is 0.230. The maximum atomic E-state index is 11.7. The number of amides is 1. The molecule has 0 saturated carbocycles. The van der Waals surface area contributed by atoms with Crippen molar-refractivity contribution < 1.29 is 23.8 Å². The molecule has 1 amide bonds. The number of hydrogen-bond acceptors (Lipinski definition) is 7. The van der Waals surface area contributed by atoms with E-state index in [4.69, 9.17) is 19.5 Å². The Hall–Kier alpha value is -3.86. The van der Waals surface area contributed by atoms with E-state index in [1.54, 1.807) is 42.5 Å². The molecule has 2 aromatic rings. The van der Waals surface area contributed by atoms with Gasteiger partial charge in [-0.3, -0.25) is 9.59 Å². The van der Waals surface area contributed by atoms with Gasteiger partial charge in [0.05, 0.1) is 25.0 Å². The molecule has 0 aliphatic carbocycles. The maximum absolute atomic E-state index is 11.7. The lowest BCUT2D eigenvalue weighted by molar-refractivity contribution is -0.132. The molecule has 0 aromatic heterocycles. The van der Waals surface area contributed by atoms with Crippen molar-refractivity contribution in [3.05, 3.63) is 53.6 Å². The molecule has 27 heavy (non-hydrogen) atoms. The normalized spacial score (nSPS) is 10.1. The zero-order valence-corrected chi connectivity index (χ0v) is 14.8. The Bertz CT molecular complexity index is 885. The van der Waals surface area contributed by atoms with Crippen LogP contribution >= 0.6 is 0 Å². The zero-order chi connectivity index (χ0) is 19.6. The summed E-state index contributed by atoms with van der Waals surface area (Å²) in [7, 11) is 1.45. The zero-order valence-electron chi connectivity index (χ0n) is 14.8. The number of nitrogens with zero attached hydrogens (tertiary/aromatic N) is 2. The molecule has 138 valence electrons. The predicted octanol–water partition coefficient (Wildman–Crippen LogP) is 2.02. The second-order valence-corrected chi connectivity index (χ2v) is 5.22. The van der Waals surface area contributed by atoms with E-state index in [1.807, 2.05) is 6.07 Å². The van der Waals surface area contributed by atoms with Gasteiger partial charge in [0.15, 0.2) is 18.1 Å². The Morgan fingerprint density at radius 2 is 1.93 bits per heavy atom. The van der Waals surface area contributed by atoms with Gasteiger partial charge in [-0.2, -0.15) is 10.4 Å². The van der Waals surface area contributed by atoms with Gasteiger partial charge < -0.3 is 14.2 Å². The first-order chi connectivity index (χ1) is 13.0. The molecule has 8 nitrogen and oxygen atoms in total. The van der Waals surface area contributed by atoms with Crippen LogP contribution in [0.1, 0.15) is 18.1 Å². The first-order valence-electron chi connectivity index (χ1n) is 7.83. The Morgan fingerprint density at radius 1 is 1.19 bits per heavy atom. The molecule has 0 aliphatic heterocycles. The number of nitrogens with one attached hydrogen (secondary N) is 1. The van der Waals surface area contributed by atoms with Crippen molar-refractivity contribution in [3.63, 3.8) is 0 Å². The van der Waals surface area contributed by atoms with Crippen molar-refractivity contribution in [2.45, 2.75) is 6.92 Å². The van der Waals surface area contributed by atoms with E-state index in [9.17, 15) is 9.59 Å². The van der Waals surface area contributed by atoms with Crippen LogP contribution < -0.4 is 19.6 Å². The van der Waals surface area contributed by atoms with Crippen LogP contribution in [0.5, 0.6) is 17.2 Å². The van der Waals surface area contributed by atoms with Gasteiger partial charge >= 0.3 is 5.97 Å². The molecule has 0 aliphatic rings. The smallest absolute Gasteiger partial charge is 0.308 e. The van der Waals surface area contributed by atoms with E-state index in [0.717, 1.165) is 0 Å². The molecule has 8 heteroatoms. The highest BCUT2D eigenvalue weighted by Gasteiger charge is 2.07. The van der Waals surface area contributed by atoms with Gasteiger partial charge in [0.1, 0.15) is 5.75 Å². The van der Waals surface area contributed by atoms with Crippen LogP contribution in [0.25, 0.3) is 0 Å². The van der Waals surface area contributed by atoms with Gasteiger partial charge in [-0.25, -0.2) is 5.43 Å². The average Bonchev–Trinajstić information content (AvgIpc) is 2.67. The summed E-state index contributed by atoms with van der Waals surface area (Å²) in [5.41, 5.74) is 3.48. The number of hydrogen-bond donors (Lipinski definition) is 1. The average molecular weight is 367 g/mol. The lowest BCUT2D eigenvalue weighted by atomic mass is 10.2. The molecule has 0 heterocycles. The summed E-state index contributed by atoms with van der Waals surface area (Å²) in [6, 6.07) is 13.2. The van der Waals surface area contributed by atoms with Crippen molar-refractivity contribution in [1.82, 2.24) is 5.43 Å². The molecule has 2 rings (SSSR count). The monoisotopic (exact) mass is 367 g/mol. The number of nitriles is 1. The molecule has 2 aromatic carbocycles. The molecule has 0 atom stereocenters. The molecular formula is C19H17N3O5. The fourth-order valence-corrected chi connectivity index (χ4v) is 1.99. The minimum Gasteiger partial charge on any atom is -0.493 e. The Labute approximate surface area is 156 Å². The summed E-state index contributed by atoms with van der Waals surface area (Å²) in [4.78, 5) is 22.8. The fraction of sp³-hybridized carbons (Fsp3) is 0.158. The standard InChI is InChI=1S/C19H17N3O5/c1-13(23)27-17-8-5-15(9-18(17)25-2)11-21-22-19(24)12-26-16-6-3-14(10-20)4-7-16/h3-9,11H,12H2,1-2H3,(H,22,24)/b21-11-. The molecular weight excluding hydrogens is 350 g/mol. The van der Waals surface area contributed by atoms with E-state index in [2.05, 4.69) is 10.5 Å². The number of rotatable bonds is 7. The van der Waals surface area contributed by atoms with E-state index in [-0.39, 0.29) is 6.61 Å². The second-order valence-electron chi connectivity index (χ2n) is 5.22. The number of carbonyl (C=O) groups excluding carboxylic acids is 2. The number of hydrazone groups is 1. The van der Waals surface area contributed by atoms with Crippen LogP contribution in [-0.4, -0.2) is 31.8 Å². The lowest BCUT2D eigenvalue weighted by Crippen LogP contribution is -2.24. The van der Waals surface area contributed by atoms with Crippen LogP contribution in [0.2, 0.25) is 0 Å². The van der Waals surface area contributed by atoms with E-state index in [1.165, 1.54) is 20.2 Å². The number of benzene rings is 2. The van der Waals surface area contributed by atoms with E-state index in [0.29, 0.717) is 28.4 Å². The summed E-state index contributed by atoms with van der Waals surface area (Å²) >= 11 is 0.